The molecule has 0 aliphatic rings. The zero-order valence-corrected chi connectivity index (χ0v) is 12.1. The Morgan fingerprint density at radius 3 is 2.19 bits per heavy atom. The van der Waals surface area contributed by atoms with Gasteiger partial charge < -0.3 is 10.6 Å². The monoisotopic (exact) mass is 330 g/mol. The van der Waals surface area contributed by atoms with E-state index in [9.17, 15) is 13.2 Å². The fourth-order valence-electron chi connectivity index (χ4n) is 1.66. The first kappa shape index (κ1) is 15.6. The van der Waals surface area contributed by atoms with Crippen molar-refractivity contribution in [1.29, 1.82) is 0 Å². The lowest BCUT2D eigenvalue weighted by Gasteiger charge is -2.15. The van der Waals surface area contributed by atoms with Gasteiger partial charge in [-0.1, -0.05) is 23.7 Å². The fraction of sp³-hybridized carbons (Fsp3) is 0.0714. The molecule has 2 aromatic rings. The molecule has 2 aromatic carbocycles. The van der Waals surface area contributed by atoms with E-state index in [2.05, 4.69) is 10.6 Å². The van der Waals surface area contributed by atoms with Gasteiger partial charge in [0, 0.05) is 10.7 Å². The largest absolute Gasteiger partial charge is 0.418 e. The van der Waals surface area contributed by atoms with Crippen molar-refractivity contribution in [2.45, 2.75) is 6.18 Å². The van der Waals surface area contributed by atoms with Crippen LogP contribution < -0.4 is 10.6 Å². The molecule has 0 aliphatic heterocycles. The number of benzene rings is 2. The number of hydrogen-bond acceptors (Lipinski definition) is 1. The summed E-state index contributed by atoms with van der Waals surface area (Å²) >= 11 is 10.8. The second-order valence-electron chi connectivity index (χ2n) is 4.13. The van der Waals surface area contributed by atoms with E-state index in [0.717, 1.165) is 6.07 Å². The molecule has 7 heteroatoms. The van der Waals surface area contributed by atoms with Crippen LogP contribution in [-0.4, -0.2) is 5.11 Å². The van der Waals surface area contributed by atoms with Gasteiger partial charge in [-0.3, -0.25) is 0 Å². The van der Waals surface area contributed by atoms with Crippen LogP contribution in [0.15, 0.2) is 48.5 Å². The molecule has 0 saturated carbocycles. The molecule has 0 radical (unpaired) electrons. The van der Waals surface area contributed by atoms with Gasteiger partial charge in [-0.05, 0) is 48.6 Å². The summed E-state index contributed by atoms with van der Waals surface area (Å²) in [4.78, 5) is 0. The quantitative estimate of drug-likeness (QED) is 0.743. The Labute approximate surface area is 129 Å². The maximum absolute atomic E-state index is 12.9. The second-order valence-corrected chi connectivity index (χ2v) is 4.97. The molecule has 0 amide bonds. The molecule has 0 atom stereocenters. The smallest absolute Gasteiger partial charge is 0.332 e. The lowest BCUT2D eigenvalue weighted by molar-refractivity contribution is -0.136. The van der Waals surface area contributed by atoms with Gasteiger partial charge in [-0.2, -0.15) is 13.2 Å². The Balaban J connectivity index is 2.11. The van der Waals surface area contributed by atoms with Gasteiger partial charge in [0.25, 0.3) is 0 Å². The molecule has 0 aromatic heterocycles. The predicted molar refractivity (Wildman–Crippen MR) is 82.7 cm³/mol. The second kappa shape index (κ2) is 6.32. The van der Waals surface area contributed by atoms with Crippen molar-refractivity contribution < 1.29 is 13.2 Å². The Morgan fingerprint density at radius 1 is 0.952 bits per heavy atom. The summed E-state index contributed by atoms with van der Waals surface area (Å²) < 4.78 is 38.6. The molecule has 2 N–H and O–H groups in total. The van der Waals surface area contributed by atoms with E-state index in [1.807, 2.05) is 0 Å². The highest BCUT2D eigenvalue weighted by Crippen LogP contribution is 2.34. The highest BCUT2D eigenvalue weighted by Gasteiger charge is 2.33. The number of para-hydroxylation sites is 1. The van der Waals surface area contributed by atoms with Gasteiger partial charge in [-0.25, -0.2) is 0 Å². The molecule has 0 fully saturated rings. The third kappa shape index (κ3) is 4.34. The van der Waals surface area contributed by atoms with Crippen molar-refractivity contribution >= 4 is 40.3 Å². The van der Waals surface area contributed by atoms with E-state index < -0.39 is 11.7 Å². The number of anilines is 2. The molecule has 2 nitrogen and oxygen atoms in total. The summed E-state index contributed by atoms with van der Waals surface area (Å²) in [6, 6.07) is 11.8. The topological polar surface area (TPSA) is 24.1 Å². The summed E-state index contributed by atoms with van der Waals surface area (Å²) in [6.07, 6.45) is -4.44. The van der Waals surface area contributed by atoms with Crippen LogP contribution in [0.1, 0.15) is 5.56 Å². The first-order valence-electron chi connectivity index (χ1n) is 5.86. The lowest BCUT2D eigenvalue weighted by Crippen LogP contribution is -2.21. The summed E-state index contributed by atoms with van der Waals surface area (Å²) in [7, 11) is 0. The van der Waals surface area contributed by atoms with E-state index in [1.54, 1.807) is 24.3 Å². The maximum atomic E-state index is 12.9. The number of thiocarbonyl (C=S) groups is 1. The highest BCUT2D eigenvalue weighted by atomic mass is 35.5. The SMILES string of the molecule is FC(F)(F)c1ccccc1NC(=S)Nc1ccc(Cl)cc1. The predicted octanol–water partition coefficient (Wildman–Crippen LogP) is 5.17. The average Bonchev–Trinajstić information content (AvgIpc) is 2.41. The Morgan fingerprint density at radius 2 is 1.57 bits per heavy atom. The zero-order valence-electron chi connectivity index (χ0n) is 10.5. The highest BCUT2D eigenvalue weighted by molar-refractivity contribution is 7.80. The zero-order chi connectivity index (χ0) is 15.5. The minimum atomic E-state index is -4.44. The first-order valence-corrected chi connectivity index (χ1v) is 6.64. The fourth-order valence-corrected chi connectivity index (χ4v) is 2.01. The number of rotatable bonds is 2. The molecule has 0 bridgehead atoms. The number of nitrogens with one attached hydrogen (secondary N) is 2. The summed E-state index contributed by atoms with van der Waals surface area (Å²) in [5.74, 6) is 0. The molecular formula is C14H10ClF3N2S. The third-order valence-corrected chi connectivity index (χ3v) is 3.04. The molecule has 2 rings (SSSR count). The number of alkyl halides is 3. The van der Waals surface area contributed by atoms with Crippen LogP contribution in [0.25, 0.3) is 0 Å². The number of hydrogen-bond donors (Lipinski definition) is 2. The van der Waals surface area contributed by atoms with Crippen LogP contribution in [0, 0.1) is 0 Å². The van der Waals surface area contributed by atoms with Gasteiger partial charge in [0.2, 0.25) is 0 Å². The Hall–Kier alpha value is -1.79. The van der Waals surface area contributed by atoms with E-state index in [4.69, 9.17) is 23.8 Å². The minimum Gasteiger partial charge on any atom is -0.332 e. The summed E-state index contributed by atoms with van der Waals surface area (Å²) in [5, 5.41) is 5.96. The first-order chi connectivity index (χ1) is 9.86. The summed E-state index contributed by atoms with van der Waals surface area (Å²) in [5.41, 5.74) is -0.247. The third-order valence-electron chi connectivity index (χ3n) is 2.58. The molecule has 0 saturated heterocycles. The normalized spacial score (nSPS) is 11.0. The van der Waals surface area contributed by atoms with Crippen molar-refractivity contribution in [3.63, 3.8) is 0 Å². The van der Waals surface area contributed by atoms with Gasteiger partial charge in [-0.15, -0.1) is 0 Å². The van der Waals surface area contributed by atoms with Crippen LogP contribution in [0.3, 0.4) is 0 Å². The molecule has 0 spiro atoms. The van der Waals surface area contributed by atoms with Crippen LogP contribution >= 0.6 is 23.8 Å². The Kier molecular flexibility index (Phi) is 4.69. The molecule has 0 unspecified atom stereocenters. The van der Waals surface area contributed by atoms with E-state index in [1.165, 1.54) is 18.2 Å². The molecule has 0 heterocycles. The number of halogens is 4. The molecule has 0 aliphatic carbocycles. The maximum Gasteiger partial charge on any atom is 0.418 e. The van der Waals surface area contributed by atoms with Crippen LogP contribution in [0.5, 0.6) is 0 Å². The van der Waals surface area contributed by atoms with Crippen molar-refractivity contribution in [2.75, 3.05) is 10.6 Å². The average molecular weight is 331 g/mol. The van der Waals surface area contributed by atoms with Crippen LogP contribution in [-0.2, 0) is 6.18 Å². The van der Waals surface area contributed by atoms with Gasteiger partial charge in [0.05, 0.1) is 11.3 Å². The van der Waals surface area contributed by atoms with Crippen LogP contribution in [0.2, 0.25) is 5.02 Å². The van der Waals surface area contributed by atoms with Crippen molar-refractivity contribution in [3.8, 4) is 0 Å². The Bertz CT molecular complexity index is 641. The molecule has 21 heavy (non-hydrogen) atoms. The summed E-state index contributed by atoms with van der Waals surface area (Å²) in [6.45, 7) is 0. The van der Waals surface area contributed by atoms with E-state index >= 15 is 0 Å². The van der Waals surface area contributed by atoms with Gasteiger partial charge in [0.15, 0.2) is 5.11 Å². The van der Waals surface area contributed by atoms with Crippen molar-refractivity contribution in [3.05, 3.63) is 59.1 Å². The van der Waals surface area contributed by atoms with Gasteiger partial charge >= 0.3 is 6.18 Å². The van der Waals surface area contributed by atoms with E-state index in [-0.39, 0.29) is 10.8 Å². The van der Waals surface area contributed by atoms with E-state index in [0.29, 0.717) is 10.7 Å². The molecular weight excluding hydrogens is 321 g/mol. The van der Waals surface area contributed by atoms with Crippen molar-refractivity contribution in [1.82, 2.24) is 0 Å². The van der Waals surface area contributed by atoms with Gasteiger partial charge in [0.1, 0.15) is 0 Å². The van der Waals surface area contributed by atoms with Crippen LogP contribution in [0.4, 0.5) is 24.5 Å². The standard InChI is InChI=1S/C14H10ClF3N2S/c15-9-5-7-10(8-6-9)19-13(21)20-12-4-2-1-3-11(12)14(16,17)18/h1-8H,(H2,19,20,21). The lowest BCUT2D eigenvalue weighted by atomic mass is 10.1. The molecule has 110 valence electrons. The van der Waals surface area contributed by atoms with Crippen molar-refractivity contribution in [2.24, 2.45) is 0 Å². The minimum absolute atomic E-state index is 0.0639.